The van der Waals surface area contributed by atoms with Crippen LogP contribution in [0.2, 0.25) is 0 Å². The molecule has 152 valence electrons. The number of carbonyl (C=O) groups excluding carboxylic acids is 1. The van der Waals surface area contributed by atoms with E-state index in [4.69, 9.17) is 9.51 Å². The molecule has 0 radical (unpaired) electrons. The molecule has 0 bridgehead atoms. The highest BCUT2D eigenvalue weighted by Crippen LogP contribution is 2.32. The van der Waals surface area contributed by atoms with E-state index in [0.717, 1.165) is 54.5 Å². The molecule has 3 heterocycles. The number of hydrogen-bond acceptors (Lipinski definition) is 5. The van der Waals surface area contributed by atoms with Crippen molar-refractivity contribution < 1.29 is 9.32 Å². The number of aromatic nitrogens is 3. The Bertz CT molecular complexity index is 827. The number of piperidine rings is 1. The summed E-state index contributed by atoms with van der Waals surface area (Å²) in [6.45, 7) is 14.1. The summed E-state index contributed by atoms with van der Waals surface area (Å²) in [6, 6.07) is 1.92. The van der Waals surface area contributed by atoms with Gasteiger partial charge >= 0.3 is 0 Å². The summed E-state index contributed by atoms with van der Waals surface area (Å²) in [7, 11) is 0. The van der Waals surface area contributed by atoms with Gasteiger partial charge in [0, 0.05) is 37.7 Å². The second kappa shape index (κ2) is 8.02. The lowest BCUT2D eigenvalue weighted by atomic mass is 9.90. The first-order valence-electron chi connectivity index (χ1n) is 10.2. The number of amides is 1. The van der Waals surface area contributed by atoms with Crippen LogP contribution >= 0.6 is 0 Å². The van der Waals surface area contributed by atoms with Crippen LogP contribution in [0.15, 0.2) is 16.8 Å². The Balaban J connectivity index is 1.73. The molecule has 0 aromatic carbocycles. The third-order valence-electron chi connectivity index (χ3n) is 5.17. The van der Waals surface area contributed by atoms with E-state index in [1.807, 2.05) is 24.1 Å². The van der Waals surface area contributed by atoms with Crippen molar-refractivity contribution in [2.24, 2.45) is 5.41 Å². The molecule has 28 heavy (non-hydrogen) atoms. The zero-order chi connectivity index (χ0) is 20.5. The average Bonchev–Trinajstić information content (AvgIpc) is 3.06. The zero-order valence-corrected chi connectivity index (χ0v) is 18.0. The molecule has 0 aliphatic carbocycles. The Morgan fingerprint density at radius 3 is 2.50 bits per heavy atom. The van der Waals surface area contributed by atoms with Crippen LogP contribution in [0.4, 0.5) is 0 Å². The van der Waals surface area contributed by atoms with E-state index in [-0.39, 0.29) is 17.2 Å². The van der Waals surface area contributed by atoms with Gasteiger partial charge in [0.05, 0.1) is 17.0 Å². The fourth-order valence-corrected chi connectivity index (χ4v) is 3.68. The first kappa shape index (κ1) is 20.5. The van der Waals surface area contributed by atoms with Crippen LogP contribution in [0.5, 0.6) is 0 Å². The van der Waals surface area contributed by atoms with E-state index >= 15 is 0 Å². The molecule has 6 nitrogen and oxygen atoms in total. The molecule has 2 aromatic heterocycles. The van der Waals surface area contributed by atoms with Gasteiger partial charge in [-0.25, -0.2) is 9.97 Å². The molecule has 1 aliphatic rings. The quantitative estimate of drug-likeness (QED) is 0.763. The van der Waals surface area contributed by atoms with E-state index in [9.17, 15) is 4.79 Å². The number of aryl methyl sites for hydroxylation is 1. The molecular formula is C22H32N4O2. The summed E-state index contributed by atoms with van der Waals surface area (Å²) >= 11 is 0. The Hall–Kier alpha value is -2.24. The number of nitrogens with zero attached hydrogens (tertiary/aromatic N) is 4. The third kappa shape index (κ3) is 4.78. The molecule has 1 amide bonds. The SMILES string of the molecule is Cc1cc(-c2cnc(C3CCN(C(=O)CC(C)(C)C)CC3)nc2C(C)C)on1. The minimum atomic E-state index is 0.0259. The predicted molar refractivity (Wildman–Crippen MR) is 109 cm³/mol. The summed E-state index contributed by atoms with van der Waals surface area (Å²) in [5.74, 6) is 2.41. The van der Waals surface area contributed by atoms with Gasteiger partial charge < -0.3 is 9.42 Å². The summed E-state index contributed by atoms with van der Waals surface area (Å²) in [6.07, 6.45) is 4.29. The monoisotopic (exact) mass is 384 g/mol. The van der Waals surface area contributed by atoms with Crippen LogP contribution in [0.3, 0.4) is 0 Å². The van der Waals surface area contributed by atoms with Crippen LogP contribution in [0, 0.1) is 12.3 Å². The van der Waals surface area contributed by atoms with Crippen molar-refractivity contribution in [3.8, 4) is 11.3 Å². The first-order chi connectivity index (χ1) is 13.1. The lowest BCUT2D eigenvalue weighted by Crippen LogP contribution is -2.39. The Kier molecular flexibility index (Phi) is 5.87. The molecule has 1 fully saturated rings. The maximum Gasteiger partial charge on any atom is 0.223 e. The highest BCUT2D eigenvalue weighted by atomic mass is 16.5. The van der Waals surface area contributed by atoms with Crippen molar-refractivity contribution in [1.82, 2.24) is 20.0 Å². The van der Waals surface area contributed by atoms with E-state index in [1.54, 1.807) is 0 Å². The van der Waals surface area contributed by atoms with Crippen molar-refractivity contribution in [3.63, 3.8) is 0 Å². The first-order valence-corrected chi connectivity index (χ1v) is 10.2. The Morgan fingerprint density at radius 1 is 1.29 bits per heavy atom. The number of carbonyl (C=O) groups is 1. The van der Waals surface area contributed by atoms with Crippen LogP contribution in [0.25, 0.3) is 11.3 Å². The topological polar surface area (TPSA) is 72.1 Å². The number of hydrogen-bond donors (Lipinski definition) is 0. The number of likely N-dealkylation sites (tertiary alicyclic amines) is 1. The van der Waals surface area contributed by atoms with Crippen LogP contribution in [-0.4, -0.2) is 39.0 Å². The molecule has 0 saturated carbocycles. The van der Waals surface area contributed by atoms with Gasteiger partial charge in [0.25, 0.3) is 0 Å². The molecule has 0 atom stereocenters. The smallest absolute Gasteiger partial charge is 0.223 e. The fourth-order valence-electron chi connectivity index (χ4n) is 3.68. The molecule has 3 rings (SSSR count). The lowest BCUT2D eigenvalue weighted by molar-refractivity contribution is -0.134. The van der Waals surface area contributed by atoms with Crippen LogP contribution in [0.1, 0.15) is 82.9 Å². The molecule has 0 N–H and O–H groups in total. The molecule has 0 spiro atoms. The summed E-state index contributed by atoms with van der Waals surface area (Å²) in [5, 5.41) is 3.99. The predicted octanol–water partition coefficient (Wildman–Crippen LogP) is 4.71. The summed E-state index contributed by atoms with van der Waals surface area (Å²) in [5.41, 5.74) is 2.78. The van der Waals surface area contributed by atoms with E-state index in [2.05, 4.69) is 44.8 Å². The standard InChI is InChI=1S/C22H32N4O2/c1-14(2)20-17(18-11-15(3)25-28-18)13-23-21(24-20)16-7-9-26(10-8-16)19(27)12-22(4,5)6/h11,13-14,16H,7-10,12H2,1-6H3. The second-order valence-corrected chi connectivity index (χ2v) is 9.41. The fraction of sp³-hybridized carbons (Fsp3) is 0.636. The molecular weight excluding hydrogens is 352 g/mol. The van der Waals surface area contributed by atoms with E-state index < -0.39 is 0 Å². The highest BCUT2D eigenvalue weighted by Gasteiger charge is 2.28. The van der Waals surface area contributed by atoms with Gasteiger partial charge in [0.15, 0.2) is 5.76 Å². The average molecular weight is 385 g/mol. The van der Waals surface area contributed by atoms with Crippen molar-refractivity contribution in [3.05, 3.63) is 29.5 Å². The molecule has 1 saturated heterocycles. The molecule has 6 heteroatoms. The Labute approximate surface area is 167 Å². The van der Waals surface area contributed by atoms with Gasteiger partial charge in [0.1, 0.15) is 5.82 Å². The zero-order valence-electron chi connectivity index (χ0n) is 18.0. The number of rotatable bonds is 4. The largest absolute Gasteiger partial charge is 0.356 e. The summed E-state index contributed by atoms with van der Waals surface area (Å²) < 4.78 is 5.43. The summed E-state index contributed by atoms with van der Waals surface area (Å²) in [4.78, 5) is 24.0. The molecule has 2 aromatic rings. The van der Waals surface area contributed by atoms with Gasteiger partial charge in [-0.1, -0.05) is 39.8 Å². The maximum absolute atomic E-state index is 12.5. The van der Waals surface area contributed by atoms with Gasteiger partial charge in [-0.15, -0.1) is 0 Å². The van der Waals surface area contributed by atoms with Gasteiger partial charge in [-0.3, -0.25) is 4.79 Å². The third-order valence-corrected chi connectivity index (χ3v) is 5.17. The lowest BCUT2D eigenvalue weighted by Gasteiger charge is -2.33. The second-order valence-electron chi connectivity index (χ2n) is 9.41. The van der Waals surface area contributed by atoms with E-state index in [0.29, 0.717) is 12.3 Å². The van der Waals surface area contributed by atoms with Crippen molar-refractivity contribution in [1.29, 1.82) is 0 Å². The maximum atomic E-state index is 12.5. The van der Waals surface area contributed by atoms with Gasteiger partial charge in [-0.2, -0.15) is 0 Å². The normalized spacial score (nSPS) is 16.0. The van der Waals surface area contributed by atoms with Crippen molar-refractivity contribution >= 4 is 5.91 Å². The highest BCUT2D eigenvalue weighted by molar-refractivity contribution is 5.76. The molecule has 1 aliphatic heterocycles. The van der Waals surface area contributed by atoms with Gasteiger partial charge in [-0.05, 0) is 31.1 Å². The van der Waals surface area contributed by atoms with Crippen LogP contribution < -0.4 is 0 Å². The van der Waals surface area contributed by atoms with E-state index in [1.165, 1.54) is 0 Å². The van der Waals surface area contributed by atoms with Crippen LogP contribution in [-0.2, 0) is 4.79 Å². The Morgan fingerprint density at radius 2 is 1.96 bits per heavy atom. The molecule has 0 unspecified atom stereocenters. The minimum Gasteiger partial charge on any atom is -0.356 e. The van der Waals surface area contributed by atoms with Crippen molar-refractivity contribution in [2.75, 3.05) is 13.1 Å². The van der Waals surface area contributed by atoms with Gasteiger partial charge in [0.2, 0.25) is 5.91 Å². The van der Waals surface area contributed by atoms with Crippen molar-refractivity contribution in [2.45, 2.75) is 72.6 Å². The minimum absolute atomic E-state index is 0.0259.